The number of aromatic nitrogens is 2. The van der Waals surface area contributed by atoms with E-state index in [2.05, 4.69) is 52.9 Å². The molecule has 0 aliphatic carbocycles. The van der Waals surface area contributed by atoms with Gasteiger partial charge in [-0.05, 0) is 25.5 Å². The lowest BCUT2D eigenvalue weighted by Crippen LogP contribution is -2.46. The Morgan fingerprint density at radius 1 is 1.12 bits per heavy atom. The molecule has 1 aromatic carbocycles. The van der Waals surface area contributed by atoms with Gasteiger partial charge in [-0.3, -0.25) is 4.79 Å². The Morgan fingerprint density at radius 3 is 2.48 bits per heavy atom. The number of piperazine rings is 1. The Bertz CT molecular complexity index is 683. The van der Waals surface area contributed by atoms with E-state index in [0.717, 1.165) is 50.9 Å². The van der Waals surface area contributed by atoms with Gasteiger partial charge in [0, 0.05) is 45.0 Å². The zero-order valence-electron chi connectivity index (χ0n) is 14.9. The highest BCUT2D eigenvalue weighted by Crippen LogP contribution is 2.20. The van der Waals surface area contributed by atoms with E-state index in [1.165, 1.54) is 5.56 Å². The van der Waals surface area contributed by atoms with Gasteiger partial charge in [0.15, 0.2) is 0 Å². The molecule has 0 radical (unpaired) electrons. The number of amides is 1. The molecular weight excluding hydrogens is 314 g/mol. The first-order chi connectivity index (χ1) is 12.2. The molecule has 0 bridgehead atoms. The van der Waals surface area contributed by atoms with E-state index < -0.39 is 0 Å². The van der Waals surface area contributed by atoms with Crippen molar-refractivity contribution in [2.45, 2.75) is 26.4 Å². The SMILES string of the molecule is CC(C)N(Cc1ccccc1)c1ccnc(N2CCN(C=O)CC2)n1. The summed E-state index contributed by atoms with van der Waals surface area (Å²) >= 11 is 0. The second-order valence-electron chi connectivity index (χ2n) is 6.55. The lowest BCUT2D eigenvalue weighted by molar-refractivity contribution is -0.118. The third-order valence-electron chi connectivity index (χ3n) is 4.49. The van der Waals surface area contributed by atoms with Crippen LogP contribution < -0.4 is 9.80 Å². The van der Waals surface area contributed by atoms with Crippen molar-refractivity contribution in [1.82, 2.24) is 14.9 Å². The maximum atomic E-state index is 10.9. The fourth-order valence-corrected chi connectivity index (χ4v) is 2.99. The Hall–Kier alpha value is -2.63. The maximum absolute atomic E-state index is 10.9. The lowest BCUT2D eigenvalue weighted by Gasteiger charge is -2.33. The normalized spacial score (nSPS) is 14.7. The summed E-state index contributed by atoms with van der Waals surface area (Å²) in [4.78, 5) is 26.3. The molecule has 1 fully saturated rings. The van der Waals surface area contributed by atoms with Crippen LogP contribution in [-0.2, 0) is 11.3 Å². The molecule has 0 saturated carbocycles. The number of carbonyl (C=O) groups is 1. The van der Waals surface area contributed by atoms with Crippen LogP contribution in [0.2, 0.25) is 0 Å². The molecule has 6 heteroatoms. The smallest absolute Gasteiger partial charge is 0.227 e. The number of carbonyl (C=O) groups excluding carboxylic acids is 1. The molecule has 0 atom stereocenters. The Morgan fingerprint density at radius 2 is 1.84 bits per heavy atom. The van der Waals surface area contributed by atoms with E-state index in [9.17, 15) is 4.79 Å². The van der Waals surface area contributed by atoms with E-state index in [0.29, 0.717) is 6.04 Å². The summed E-state index contributed by atoms with van der Waals surface area (Å²) in [5, 5.41) is 0. The highest BCUT2D eigenvalue weighted by Gasteiger charge is 2.19. The van der Waals surface area contributed by atoms with Gasteiger partial charge in [0.25, 0.3) is 0 Å². The summed E-state index contributed by atoms with van der Waals surface area (Å²) in [6, 6.07) is 12.7. The lowest BCUT2D eigenvalue weighted by atomic mass is 10.2. The van der Waals surface area contributed by atoms with Crippen LogP contribution in [0, 0.1) is 0 Å². The first-order valence-corrected chi connectivity index (χ1v) is 8.75. The molecule has 6 nitrogen and oxygen atoms in total. The predicted molar refractivity (Wildman–Crippen MR) is 99.6 cm³/mol. The van der Waals surface area contributed by atoms with Gasteiger partial charge in [-0.2, -0.15) is 4.98 Å². The molecule has 132 valence electrons. The highest BCUT2D eigenvalue weighted by atomic mass is 16.1. The van der Waals surface area contributed by atoms with Crippen LogP contribution in [0.15, 0.2) is 42.6 Å². The van der Waals surface area contributed by atoms with Crippen LogP contribution in [0.3, 0.4) is 0 Å². The molecule has 1 aromatic heterocycles. The second-order valence-corrected chi connectivity index (χ2v) is 6.55. The molecule has 3 rings (SSSR count). The standard InChI is InChI=1S/C19H25N5O/c1-16(2)24(14-17-6-4-3-5-7-17)18-8-9-20-19(21-18)23-12-10-22(15-25)11-13-23/h3-9,15-16H,10-14H2,1-2H3. The van der Waals surface area contributed by atoms with Crippen LogP contribution in [0.25, 0.3) is 0 Å². The Balaban J connectivity index is 1.77. The van der Waals surface area contributed by atoms with E-state index in [4.69, 9.17) is 4.98 Å². The monoisotopic (exact) mass is 339 g/mol. The van der Waals surface area contributed by atoms with Gasteiger partial charge < -0.3 is 14.7 Å². The fourth-order valence-electron chi connectivity index (χ4n) is 2.99. The average Bonchev–Trinajstić information content (AvgIpc) is 2.67. The molecule has 2 heterocycles. The second kappa shape index (κ2) is 7.96. The topological polar surface area (TPSA) is 52.6 Å². The van der Waals surface area contributed by atoms with Crippen LogP contribution >= 0.6 is 0 Å². The zero-order valence-corrected chi connectivity index (χ0v) is 14.9. The van der Waals surface area contributed by atoms with E-state index in [1.54, 1.807) is 4.90 Å². The minimum Gasteiger partial charge on any atom is -0.350 e. The minimum atomic E-state index is 0.329. The van der Waals surface area contributed by atoms with Crippen molar-refractivity contribution >= 4 is 18.2 Å². The van der Waals surface area contributed by atoms with Crippen molar-refractivity contribution in [3.63, 3.8) is 0 Å². The van der Waals surface area contributed by atoms with Crippen LogP contribution in [0.5, 0.6) is 0 Å². The van der Waals surface area contributed by atoms with Crippen molar-refractivity contribution in [3.8, 4) is 0 Å². The Kier molecular flexibility index (Phi) is 5.48. The van der Waals surface area contributed by atoms with Crippen molar-refractivity contribution in [2.75, 3.05) is 36.0 Å². The van der Waals surface area contributed by atoms with Gasteiger partial charge in [0.2, 0.25) is 12.4 Å². The molecule has 1 saturated heterocycles. The van der Waals surface area contributed by atoms with Gasteiger partial charge in [0.05, 0.1) is 0 Å². The molecule has 1 amide bonds. The first kappa shape index (κ1) is 17.2. The van der Waals surface area contributed by atoms with Crippen LogP contribution in [0.4, 0.5) is 11.8 Å². The molecule has 0 unspecified atom stereocenters. The number of hydrogen-bond donors (Lipinski definition) is 0. The van der Waals surface area contributed by atoms with Gasteiger partial charge in [-0.25, -0.2) is 4.98 Å². The summed E-state index contributed by atoms with van der Waals surface area (Å²) in [6.07, 6.45) is 2.74. The number of rotatable bonds is 6. The average molecular weight is 339 g/mol. The maximum Gasteiger partial charge on any atom is 0.227 e. The summed E-state index contributed by atoms with van der Waals surface area (Å²) in [6.45, 7) is 8.13. The van der Waals surface area contributed by atoms with E-state index >= 15 is 0 Å². The van der Waals surface area contributed by atoms with E-state index in [1.807, 2.05) is 18.3 Å². The molecule has 25 heavy (non-hydrogen) atoms. The van der Waals surface area contributed by atoms with Gasteiger partial charge in [-0.15, -0.1) is 0 Å². The fraction of sp³-hybridized carbons (Fsp3) is 0.421. The van der Waals surface area contributed by atoms with Crippen LogP contribution in [-0.4, -0.2) is 53.5 Å². The van der Waals surface area contributed by atoms with E-state index in [-0.39, 0.29) is 0 Å². The number of hydrogen-bond acceptors (Lipinski definition) is 5. The van der Waals surface area contributed by atoms with Crippen molar-refractivity contribution < 1.29 is 4.79 Å². The minimum absolute atomic E-state index is 0.329. The summed E-state index contributed by atoms with van der Waals surface area (Å²) < 4.78 is 0. The molecule has 1 aliphatic heterocycles. The summed E-state index contributed by atoms with van der Waals surface area (Å²) in [7, 11) is 0. The number of benzene rings is 1. The predicted octanol–water partition coefficient (Wildman–Crippen LogP) is 2.17. The zero-order chi connectivity index (χ0) is 17.6. The number of anilines is 2. The van der Waals surface area contributed by atoms with Crippen molar-refractivity contribution in [1.29, 1.82) is 0 Å². The molecule has 0 N–H and O–H groups in total. The van der Waals surface area contributed by atoms with Gasteiger partial charge >= 0.3 is 0 Å². The van der Waals surface area contributed by atoms with Crippen molar-refractivity contribution in [2.24, 2.45) is 0 Å². The Labute approximate surface area is 149 Å². The third-order valence-corrected chi connectivity index (χ3v) is 4.49. The van der Waals surface area contributed by atoms with Gasteiger partial charge in [-0.1, -0.05) is 30.3 Å². The quantitative estimate of drug-likeness (QED) is 0.755. The molecule has 0 spiro atoms. The molecule has 2 aromatic rings. The van der Waals surface area contributed by atoms with Crippen LogP contribution in [0.1, 0.15) is 19.4 Å². The summed E-state index contributed by atoms with van der Waals surface area (Å²) in [5.41, 5.74) is 1.26. The van der Waals surface area contributed by atoms with Crippen molar-refractivity contribution in [3.05, 3.63) is 48.2 Å². The van der Waals surface area contributed by atoms with Gasteiger partial charge in [0.1, 0.15) is 5.82 Å². The highest BCUT2D eigenvalue weighted by molar-refractivity contribution is 5.49. The largest absolute Gasteiger partial charge is 0.350 e. The summed E-state index contributed by atoms with van der Waals surface area (Å²) in [5.74, 6) is 1.67. The first-order valence-electron chi connectivity index (χ1n) is 8.75. The molecular formula is C19H25N5O. The third kappa shape index (κ3) is 4.26. The molecule has 1 aliphatic rings. The number of nitrogens with zero attached hydrogens (tertiary/aromatic N) is 5.